The second kappa shape index (κ2) is 7.26. The molecule has 1 fully saturated rings. The van der Waals surface area contributed by atoms with Crippen LogP contribution in [0.15, 0.2) is 30.3 Å². The number of nitrogens with one attached hydrogen (secondary N) is 4. The van der Waals surface area contributed by atoms with Crippen molar-refractivity contribution in [2.24, 2.45) is 0 Å². The predicted octanol–water partition coefficient (Wildman–Crippen LogP) is 1.45. The highest BCUT2D eigenvalue weighted by Crippen LogP contribution is 2.09. The quantitative estimate of drug-likeness (QED) is 0.679. The van der Waals surface area contributed by atoms with Gasteiger partial charge in [-0.1, -0.05) is 18.2 Å². The van der Waals surface area contributed by atoms with Crippen molar-refractivity contribution in [2.75, 3.05) is 18.4 Å². The van der Waals surface area contributed by atoms with Crippen LogP contribution in [0.4, 0.5) is 10.5 Å². The molecule has 1 saturated heterocycles. The molecular formula is C16H24N4O2. The number of benzene rings is 1. The lowest BCUT2D eigenvalue weighted by atomic mass is 10.0. The molecule has 0 saturated carbocycles. The monoisotopic (exact) mass is 304 g/mol. The van der Waals surface area contributed by atoms with Crippen molar-refractivity contribution < 1.29 is 9.59 Å². The number of carbonyl (C=O) groups excluding carboxylic acids is 2. The van der Waals surface area contributed by atoms with Crippen LogP contribution in [0.5, 0.6) is 0 Å². The third-order valence-electron chi connectivity index (χ3n) is 3.66. The van der Waals surface area contributed by atoms with Gasteiger partial charge in [-0.05, 0) is 45.4 Å². The molecule has 6 nitrogen and oxygen atoms in total. The van der Waals surface area contributed by atoms with Crippen LogP contribution in [0.3, 0.4) is 0 Å². The molecule has 2 rings (SSSR count). The fraction of sp³-hybridized carbons (Fsp3) is 0.500. The van der Waals surface area contributed by atoms with E-state index in [0.29, 0.717) is 5.69 Å². The van der Waals surface area contributed by atoms with Crippen LogP contribution in [0, 0.1) is 0 Å². The number of hydrogen-bond donors (Lipinski definition) is 4. The summed E-state index contributed by atoms with van der Waals surface area (Å²) in [6.45, 7) is 5.16. The van der Waals surface area contributed by atoms with Crippen molar-refractivity contribution in [3.63, 3.8) is 0 Å². The Hall–Kier alpha value is -2.08. The molecule has 0 aromatic heterocycles. The minimum absolute atomic E-state index is 0.125. The van der Waals surface area contributed by atoms with Crippen molar-refractivity contribution in [1.82, 2.24) is 16.0 Å². The van der Waals surface area contributed by atoms with Gasteiger partial charge >= 0.3 is 6.03 Å². The number of urea groups is 1. The standard InChI is InChI=1S/C16H24N4O2/c1-16(2,14(21)18-13-9-6-10-17-11-13)20-15(22)19-12-7-4-3-5-8-12/h3-5,7-8,13,17H,6,9-11H2,1-2H3,(H,18,21)(H2,19,20,22). The van der Waals surface area contributed by atoms with E-state index in [1.54, 1.807) is 26.0 Å². The molecule has 1 aromatic rings. The lowest BCUT2D eigenvalue weighted by Gasteiger charge is -2.30. The Morgan fingerprint density at radius 1 is 1.23 bits per heavy atom. The number of amides is 3. The first kappa shape index (κ1) is 16.3. The summed E-state index contributed by atoms with van der Waals surface area (Å²) in [5, 5.41) is 11.7. The molecule has 1 aromatic carbocycles. The summed E-state index contributed by atoms with van der Waals surface area (Å²) in [7, 11) is 0. The highest BCUT2D eigenvalue weighted by molar-refractivity contribution is 5.95. The van der Waals surface area contributed by atoms with Crippen LogP contribution in [-0.2, 0) is 4.79 Å². The van der Waals surface area contributed by atoms with Crippen molar-refractivity contribution >= 4 is 17.6 Å². The maximum atomic E-state index is 12.3. The highest BCUT2D eigenvalue weighted by atomic mass is 16.2. The van der Waals surface area contributed by atoms with Crippen molar-refractivity contribution in [3.8, 4) is 0 Å². The summed E-state index contributed by atoms with van der Waals surface area (Å²) < 4.78 is 0. The van der Waals surface area contributed by atoms with Crippen molar-refractivity contribution in [1.29, 1.82) is 0 Å². The number of piperidine rings is 1. The molecule has 1 unspecified atom stereocenters. The molecule has 1 aliphatic rings. The number of hydrogen-bond acceptors (Lipinski definition) is 3. The number of anilines is 1. The summed E-state index contributed by atoms with van der Waals surface area (Å²) >= 11 is 0. The third-order valence-corrected chi connectivity index (χ3v) is 3.66. The minimum Gasteiger partial charge on any atom is -0.350 e. The maximum absolute atomic E-state index is 12.3. The molecule has 0 aliphatic carbocycles. The Morgan fingerprint density at radius 3 is 2.59 bits per heavy atom. The highest BCUT2D eigenvalue weighted by Gasteiger charge is 2.31. The van der Waals surface area contributed by atoms with E-state index in [9.17, 15) is 9.59 Å². The van der Waals surface area contributed by atoms with Gasteiger partial charge in [0.2, 0.25) is 5.91 Å². The molecule has 0 radical (unpaired) electrons. The number of carbonyl (C=O) groups is 2. The first-order chi connectivity index (χ1) is 10.5. The first-order valence-electron chi connectivity index (χ1n) is 7.63. The molecule has 1 aliphatic heterocycles. The third kappa shape index (κ3) is 4.73. The van der Waals surface area contributed by atoms with Crippen LogP contribution in [0.1, 0.15) is 26.7 Å². The van der Waals surface area contributed by atoms with Gasteiger partial charge in [-0.15, -0.1) is 0 Å². The van der Waals surface area contributed by atoms with Crippen LogP contribution in [0.25, 0.3) is 0 Å². The first-order valence-corrected chi connectivity index (χ1v) is 7.63. The van der Waals surface area contributed by atoms with Gasteiger partial charge in [0.1, 0.15) is 5.54 Å². The summed E-state index contributed by atoms with van der Waals surface area (Å²) in [5.41, 5.74) is -0.288. The van der Waals surface area contributed by atoms with E-state index < -0.39 is 11.6 Å². The summed E-state index contributed by atoms with van der Waals surface area (Å²) in [4.78, 5) is 24.3. The molecule has 1 heterocycles. The van der Waals surface area contributed by atoms with Gasteiger partial charge < -0.3 is 21.3 Å². The zero-order chi connectivity index (χ0) is 16.0. The van der Waals surface area contributed by atoms with Gasteiger partial charge in [-0.2, -0.15) is 0 Å². The van der Waals surface area contributed by atoms with Gasteiger partial charge in [0.15, 0.2) is 0 Å². The zero-order valence-electron chi connectivity index (χ0n) is 13.1. The summed E-state index contributed by atoms with van der Waals surface area (Å²) in [6, 6.07) is 8.86. The Morgan fingerprint density at radius 2 is 1.95 bits per heavy atom. The predicted molar refractivity (Wildman–Crippen MR) is 86.7 cm³/mol. The van der Waals surface area contributed by atoms with Crippen LogP contribution >= 0.6 is 0 Å². The maximum Gasteiger partial charge on any atom is 0.320 e. The van der Waals surface area contributed by atoms with E-state index in [1.807, 2.05) is 18.2 Å². The molecular weight excluding hydrogens is 280 g/mol. The van der Waals surface area contributed by atoms with E-state index in [0.717, 1.165) is 25.9 Å². The summed E-state index contributed by atoms with van der Waals surface area (Å²) in [6.07, 6.45) is 2.01. The lowest BCUT2D eigenvalue weighted by Crippen LogP contribution is -2.59. The number of para-hydroxylation sites is 1. The van der Waals surface area contributed by atoms with Crippen LogP contribution in [-0.4, -0.2) is 36.6 Å². The Kier molecular flexibility index (Phi) is 5.38. The average Bonchev–Trinajstić information content (AvgIpc) is 2.48. The lowest BCUT2D eigenvalue weighted by molar-refractivity contribution is -0.126. The fourth-order valence-electron chi connectivity index (χ4n) is 2.37. The van der Waals surface area contributed by atoms with E-state index >= 15 is 0 Å². The fourth-order valence-corrected chi connectivity index (χ4v) is 2.37. The van der Waals surface area contributed by atoms with Gasteiger partial charge in [0.25, 0.3) is 0 Å². The molecule has 4 N–H and O–H groups in total. The normalized spacial score (nSPS) is 18.4. The Balaban J connectivity index is 1.85. The molecule has 22 heavy (non-hydrogen) atoms. The Bertz CT molecular complexity index is 510. The molecule has 120 valence electrons. The largest absolute Gasteiger partial charge is 0.350 e. The molecule has 0 spiro atoms. The van der Waals surface area contributed by atoms with Crippen LogP contribution < -0.4 is 21.3 Å². The molecule has 6 heteroatoms. The molecule has 3 amide bonds. The van der Waals surface area contributed by atoms with E-state index in [4.69, 9.17) is 0 Å². The van der Waals surface area contributed by atoms with Gasteiger partial charge in [0, 0.05) is 18.3 Å². The topological polar surface area (TPSA) is 82.3 Å². The van der Waals surface area contributed by atoms with E-state index in [2.05, 4.69) is 21.3 Å². The van der Waals surface area contributed by atoms with E-state index in [-0.39, 0.29) is 11.9 Å². The average molecular weight is 304 g/mol. The second-order valence-corrected chi connectivity index (χ2v) is 6.09. The van der Waals surface area contributed by atoms with E-state index in [1.165, 1.54) is 0 Å². The minimum atomic E-state index is -0.976. The zero-order valence-corrected chi connectivity index (χ0v) is 13.1. The van der Waals surface area contributed by atoms with Gasteiger partial charge in [0.05, 0.1) is 0 Å². The summed E-state index contributed by atoms with van der Waals surface area (Å²) in [5.74, 6) is -0.176. The Labute approximate surface area is 131 Å². The van der Waals surface area contributed by atoms with Crippen LogP contribution in [0.2, 0.25) is 0 Å². The molecule has 1 atom stereocenters. The molecule has 0 bridgehead atoms. The van der Waals surface area contributed by atoms with Gasteiger partial charge in [-0.25, -0.2) is 4.79 Å². The van der Waals surface area contributed by atoms with Gasteiger partial charge in [-0.3, -0.25) is 4.79 Å². The second-order valence-electron chi connectivity index (χ2n) is 6.09. The van der Waals surface area contributed by atoms with Crippen molar-refractivity contribution in [3.05, 3.63) is 30.3 Å². The smallest absolute Gasteiger partial charge is 0.320 e. The number of rotatable bonds is 4. The SMILES string of the molecule is CC(C)(NC(=O)Nc1ccccc1)C(=O)NC1CCCNC1. The van der Waals surface area contributed by atoms with Crippen molar-refractivity contribution in [2.45, 2.75) is 38.3 Å².